The molecular weight excluding hydrogens is 352 g/mol. The SMILES string of the molecule is CC(=O)N1CCc2cc(S(=O)(=O)Nc3ccc(NC4CC4)nc3)ccc21. The van der Waals surface area contributed by atoms with Crippen molar-refractivity contribution in [2.75, 3.05) is 21.5 Å². The number of rotatable bonds is 5. The molecule has 0 atom stereocenters. The van der Waals surface area contributed by atoms with Gasteiger partial charge in [0.2, 0.25) is 5.91 Å². The van der Waals surface area contributed by atoms with Crippen LogP contribution >= 0.6 is 0 Å². The maximum absolute atomic E-state index is 12.7. The van der Waals surface area contributed by atoms with Crippen molar-refractivity contribution >= 4 is 33.1 Å². The minimum Gasteiger partial charge on any atom is -0.367 e. The molecule has 0 bridgehead atoms. The summed E-state index contributed by atoms with van der Waals surface area (Å²) in [5.41, 5.74) is 2.07. The molecule has 2 N–H and O–H groups in total. The number of carbonyl (C=O) groups is 1. The minimum absolute atomic E-state index is 0.0385. The van der Waals surface area contributed by atoms with Gasteiger partial charge in [0.15, 0.2) is 0 Å². The molecule has 0 spiro atoms. The summed E-state index contributed by atoms with van der Waals surface area (Å²) in [4.78, 5) is 17.7. The quantitative estimate of drug-likeness (QED) is 0.841. The average molecular weight is 372 g/mol. The monoisotopic (exact) mass is 372 g/mol. The zero-order chi connectivity index (χ0) is 18.3. The second-order valence-electron chi connectivity index (χ2n) is 6.67. The number of pyridine rings is 1. The Kier molecular flexibility index (Phi) is 4.07. The Morgan fingerprint density at radius 1 is 1.23 bits per heavy atom. The fourth-order valence-corrected chi connectivity index (χ4v) is 4.16. The van der Waals surface area contributed by atoms with Crippen molar-refractivity contribution in [3.63, 3.8) is 0 Å². The number of sulfonamides is 1. The second-order valence-corrected chi connectivity index (χ2v) is 8.35. The fourth-order valence-electron chi connectivity index (χ4n) is 3.06. The van der Waals surface area contributed by atoms with Crippen LogP contribution in [-0.4, -0.2) is 31.9 Å². The lowest BCUT2D eigenvalue weighted by molar-refractivity contribution is -0.116. The van der Waals surface area contributed by atoms with Crippen LogP contribution in [0.25, 0.3) is 0 Å². The molecule has 1 fully saturated rings. The first-order valence-corrected chi connectivity index (χ1v) is 10.1. The molecule has 1 saturated carbocycles. The predicted molar refractivity (Wildman–Crippen MR) is 99.9 cm³/mol. The zero-order valence-electron chi connectivity index (χ0n) is 14.4. The summed E-state index contributed by atoms with van der Waals surface area (Å²) in [6, 6.07) is 8.81. The first-order valence-electron chi connectivity index (χ1n) is 8.59. The van der Waals surface area contributed by atoms with Gasteiger partial charge in [0.1, 0.15) is 5.82 Å². The van der Waals surface area contributed by atoms with Gasteiger partial charge in [-0.1, -0.05) is 0 Å². The number of hydrogen-bond donors (Lipinski definition) is 2. The first-order chi connectivity index (χ1) is 12.4. The van der Waals surface area contributed by atoms with Gasteiger partial charge in [-0.05, 0) is 55.2 Å². The van der Waals surface area contributed by atoms with E-state index in [0.717, 1.165) is 29.9 Å². The van der Waals surface area contributed by atoms with Gasteiger partial charge in [0.05, 0.1) is 16.8 Å². The minimum atomic E-state index is -3.71. The summed E-state index contributed by atoms with van der Waals surface area (Å²) in [6.07, 6.45) is 4.46. The zero-order valence-corrected chi connectivity index (χ0v) is 15.2. The normalized spacial score (nSPS) is 16.3. The van der Waals surface area contributed by atoms with E-state index in [2.05, 4.69) is 15.0 Å². The lowest BCUT2D eigenvalue weighted by Crippen LogP contribution is -2.25. The Hall–Kier alpha value is -2.61. The molecule has 26 heavy (non-hydrogen) atoms. The van der Waals surface area contributed by atoms with E-state index in [1.54, 1.807) is 29.2 Å². The van der Waals surface area contributed by atoms with E-state index in [4.69, 9.17) is 0 Å². The van der Waals surface area contributed by atoms with Crippen LogP contribution in [0.15, 0.2) is 41.4 Å². The predicted octanol–water partition coefficient (Wildman–Crippen LogP) is 2.37. The average Bonchev–Trinajstić information content (AvgIpc) is 3.31. The number of anilines is 3. The molecule has 1 aliphatic carbocycles. The lowest BCUT2D eigenvalue weighted by Gasteiger charge is -2.15. The van der Waals surface area contributed by atoms with Crippen LogP contribution in [0, 0.1) is 0 Å². The topological polar surface area (TPSA) is 91.4 Å². The Balaban J connectivity index is 1.52. The van der Waals surface area contributed by atoms with Gasteiger partial charge in [0.25, 0.3) is 10.0 Å². The molecule has 1 amide bonds. The Morgan fingerprint density at radius 2 is 2.04 bits per heavy atom. The highest BCUT2D eigenvalue weighted by molar-refractivity contribution is 7.92. The van der Waals surface area contributed by atoms with E-state index in [0.29, 0.717) is 24.7 Å². The van der Waals surface area contributed by atoms with Gasteiger partial charge in [-0.3, -0.25) is 9.52 Å². The lowest BCUT2D eigenvalue weighted by atomic mass is 10.2. The number of fused-ring (bicyclic) bond motifs is 1. The summed E-state index contributed by atoms with van der Waals surface area (Å²) in [7, 11) is -3.71. The van der Waals surface area contributed by atoms with Crippen LogP contribution in [0.1, 0.15) is 25.3 Å². The van der Waals surface area contributed by atoms with Crippen LogP contribution in [0.4, 0.5) is 17.2 Å². The van der Waals surface area contributed by atoms with Crippen LogP contribution in [-0.2, 0) is 21.2 Å². The number of hydrogen-bond acceptors (Lipinski definition) is 5. The summed E-state index contributed by atoms with van der Waals surface area (Å²) in [6.45, 7) is 2.09. The molecule has 2 aliphatic rings. The highest BCUT2D eigenvalue weighted by Crippen LogP contribution is 2.31. The van der Waals surface area contributed by atoms with E-state index in [9.17, 15) is 13.2 Å². The molecule has 7 nitrogen and oxygen atoms in total. The Morgan fingerprint density at radius 3 is 2.69 bits per heavy atom. The van der Waals surface area contributed by atoms with Crippen molar-refractivity contribution in [1.29, 1.82) is 0 Å². The van der Waals surface area contributed by atoms with Crippen molar-refractivity contribution in [2.45, 2.75) is 37.1 Å². The van der Waals surface area contributed by atoms with Crippen LogP contribution in [0.5, 0.6) is 0 Å². The molecule has 0 saturated heterocycles. The van der Waals surface area contributed by atoms with Crippen molar-refractivity contribution in [2.24, 2.45) is 0 Å². The molecule has 0 radical (unpaired) electrons. The summed E-state index contributed by atoms with van der Waals surface area (Å²) in [5, 5.41) is 3.26. The number of aromatic nitrogens is 1. The van der Waals surface area contributed by atoms with E-state index >= 15 is 0 Å². The van der Waals surface area contributed by atoms with E-state index in [1.165, 1.54) is 19.2 Å². The summed E-state index contributed by atoms with van der Waals surface area (Å²) in [5.74, 6) is 0.709. The maximum atomic E-state index is 12.7. The van der Waals surface area contributed by atoms with Gasteiger partial charge in [-0.25, -0.2) is 13.4 Å². The van der Waals surface area contributed by atoms with E-state index in [1.807, 2.05) is 0 Å². The van der Waals surface area contributed by atoms with Gasteiger partial charge in [0, 0.05) is 25.2 Å². The van der Waals surface area contributed by atoms with Gasteiger partial charge >= 0.3 is 0 Å². The molecule has 1 aliphatic heterocycles. The van der Waals surface area contributed by atoms with E-state index in [-0.39, 0.29) is 10.8 Å². The fraction of sp³-hybridized carbons (Fsp3) is 0.333. The number of carbonyl (C=O) groups excluding carboxylic acids is 1. The molecule has 136 valence electrons. The van der Waals surface area contributed by atoms with Crippen LogP contribution < -0.4 is 14.9 Å². The largest absolute Gasteiger partial charge is 0.367 e. The molecule has 0 unspecified atom stereocenters. The third kappa shape index (κ3) is 3.37. The molecule has 1 aromatic heterocycles. The standard InChI is InChI=1S/C18H20N4O3S/c1-12(23)22-9-8-13-10-16(5-6-17(13)22)26(24,25)21-15-4-7-18(19-11-15)20-14-2-3-14/h4-7,10-11,14,21H,2-3,8-9H2,1H3,(H,19,20). The summed E-state index contributed by atoms with van der Waals surface area (Å²) < 4.78 is 27.9. The van der Waals surface area contributed by atoms with Gasteiger partial charge in [-0.15, -0.1) is 0 Å². The van der Waals surface area contributed by atoms with Crippen molar-refractivity contribution < 1.29 is 13.2 Å². The summed E-state index contributed by atoms with van der Waals surface area (Å²) >= 11 is 0. The van der Waals surface area contributed by atoms with Gasteiger partial charge < -0.3 is 10.2 Å². The van der Waals surface area contributed by atoms with Crippen molar-refractivity contribution in [3.05, 3.63) is 42.1 Å². The molecule has 4 rings (SSSR count). The molecule has 2 aromatic rings. The van der Waals surface area contributed by atoms with Crippen molar-refractivity contribution in [3.8, 4) is 0 Å². The van der Waals surface area contributed by atoms with Gasteiger partial charge in [-0.2, -0.15) is 0 Å². The van der Waals surface area contributed by atoms with Crippen LogP contribution in [0.3, 0.4) is 0 Å². The Bertz CT molecular complexity index is 953. The molecule has 2 heterocycles. The third-order valence-corrected chi connectivity index (χ3v) is 5.96. The molecule has 1 aromatic carbocycles. The van der Waals surface area contributed by atoms with Crippen molar-refractivity contribution in [1.82, 2.24) is 4.98 Å². The van der Waals surface area contributed by atoms with Crippen LogP contribution in [0.2, 0.25) is 0 Å². The second kappa shape index (κ2) is 6.28. The highest BCUT2D eigenvalue weighted by atomic mass is 32.2. The third-order valence-electron chi connectivity index (χ3n) is 4.58. The number of nitrogens with one attached hydrogen (secondary N) is 2. The highest BCUT2D eigenvalue weighted by Gasteiger charge is 2.25. The smallest absolute Gasteiger partial charge is 0.261 e. The maximum Gasteiger partial charge on any atom is 0.261 e. The first kappa shape index (κ1) is 16.8. The molecular formula is C18H20N4O3S. The number of amides is 1. The van der Waals surface area contributed by atoms with E-state index < -0.39 is 10.0 Å². The number of benzene rings is 1. The Labute approximate surface area is 152 Å². The molecule has 8 heteroatoms. The number of nitrogens with zero attached hydrogens (tertiary/aromatic N) is 2.